The van der Waals surface area contributed by atoms with Crippen molar-refractivity contribution >= 4 is 11.9 Å². The third-order valence-electron chi connectivity index (χ3n) is 2.31. The first-order valence-electron chi connectivity index (χ1n) is 5.60. The Balaban J connectivity index is 2.97. The van der Waals surface area contributed by atoms with Gasteiger partial charge < -0.3 is 30.0 Å². The zero-order chi connectivity index (χ0) is 15.1. The lowest BCUT2D eigenvalue weighted by Crippen LogP contribution is -2.36. The second-order valence-electron chi connectivity index (χ2n) is 3.60. The fourth-order valence-corrected chi connectivity index (χ4v) is 1.39. The van der Waals surface area contributed by atoms with Crippen LogP contribution in [0.3, 0.4) is 0 Å². The van der Waals surface area contributed by atoms with Crippen molar-refractivity contribution < 1.29 is 23.7 Å². The van der Waals surface area contributed by atoms with E-state index in [1.165, 1.54) is 21.3 Å². The molecule has 0 aliphatic rings. The predicted molar refractivity (Wildman–Crippen MR) is 71.6 cm³/mol. The number of nitrogens with two attached hydrogens (primary N) is 1. The number of rotatable bonds is 6. The molecule has 8 heteroatoms. The Kier molecular flexibility index (Phi) is 5.45. The Morgan fingerprint density at radius 1 is 1.20 bits per heavy atom. The van der Waals surface area contributed by atoms with Crippen molar-refractivity contribution in [2.24, 2.45) is 5.73 Å². The minimum Gasteiger partial charge on any atom is -0.496 e. The fraction of sp³-hybridized carbons (Fsp3) is 0.333. The van der Waals surface area contributed by atoms with Gasteiger partial charge in [-0.05, 0) is 0 Å². The normalized spacial score (nSPS) is 9.55. The smallest absolute Gasteiger partial charge is 0.331 e. The number of hydrogen-bond donors (Lipinski definition) is 3. The van der Waals surface area contributed by atoms with Crippen molar-refractivity contribution in [1.82, 2.24) is 5.32 Å². The highest BCUT2D eigenvalue weighted by Crippen LogP contribution is 2.41. The van der Waals surface area contributed by atoms with E-state index in [1.807, 2.05) is 0 Å². The molecule has 0 atom stereocenters. The molecule has 0 aromatic heterocycles. The van der Waals surface area contributed by atoms with Gasteiger partial charge in [-0.25, -0.2) is 4.79 Å². The van der Waals surface area contributed by atoms with Gasteiger partial charge in [0.2, 0.25) is 5.75 Å². The van der Waals surface area contributed by atoms with Gasteiger partial charge >= 0.3 is 5.97 Å². The number of methoxy groups -OCH3 is 3. The first-order valence-corrected chi connectivity index (χ1v) is 5.60. The molecule has 110 valence electrons. The van der Waals surface area contributed by atoms with Gasteiger partial charge in [0.25, 0.3) is 0 Å². The summed E-state index contributed by atoms with van der Waals surface area (Å²) >= 11 is 0. The molecule has 0 saturated carbocycles. The number of carbonyl (C=O) groups excluding carboxylic acids is 1. The quantitative estimate of drug-likeness (QED) is 0.293. The summed E-state index contributed by atoms with van der Waals surface area (Å²) in [6, 6.07) is 3.12. The van der Waals surface area contributed by atoms with E-state index in [-0.39, 0.29) is 29.8 Å². The molecule has 4 N–H and O–H groups in total. The SMILES string of the molecule is COc1cc(OC)c(OC(=O)CNC(=N)N)c(OC)c1. The molecule has 0 unspecified atom stereocenters. The van der Waals surface area contributed by atoms with E-state index >= 15 is 0 Å². The average molecular weight is 283 g/mol. The minimum atomic E-state index is -0.637. The molecule has 0 spiro atoms. The molecule has 8 nitrogen and oxygen atoms in total. The van der Waals surface area contributed by atoms with Gasteiger partial charge in [-0.3, -0.25) is 5.41 Å². The van der Waals surface area contributed by atoms with Crippen molar-refractivity contribution in [3.8, 4) is 23.0 Å². The molecular weight excluding hydrogens is 266 g/mol. The van der Waals surface area contributed by atoms with Gasteiger partial charge in [-0.2, -0.15) is 0 Å². The van der Waals surface area contributed by atoms with E-state index in [2.05, 4.69) is 5.32 Å². The Morgan fingerprint density at radius 3 is 2.15 bits per heavy atom. The summed E-state index contributed by atoms with van der Waals surface area (Å²) in [5.41, 5.74) is 5.08. The minimum absolute atomic E-state index is 0.131. The first kappa shape index (κ1) is 15.4. The third kappa shape index (κ3) is 3.94. The number of hydrogen-bond acceptors (Lipinski definition) is 6. The third-order valence-corrected chi connectivity index (χ3v) is 2.31. The average Bonchev–Trinajstić information content (AvgIpc) is 2.45. The van der Waals surface area contributed by atoms with E-state index < -0.39 is 5.97 Å². The van der Waals surface area contributed by atoms with Crippen LogP contribution in [-0.4, -0.2) is 39.8 Å². The number of esters is 1. The van der Waals surface area contributed by atoms with E-state index in [0.717, 1.165) is 0 Å². The standard InChI is InChI=1S/C12H17N3O5/c1-17-7-4-8(18-2)11(9(5-7)19-3)20-10(16)6-15-12(13)14/h4-5H,6H2,1-3H3,(H4,13,14,15). The van der Waals surface area contributed by atoms with Crippen LogP contribution in [0.15, 0.2) is 12.1 Å². The maximum atomic E-state index is 11.6. The molecule has 20 heavy (non-hydrogen) atoms. The van der Waals surface area contributed by atoms with Gasteiger partial charge in [0.1, 0.15) is 12.3 Å². The lowest BCUT2D eigenvalue weighted by Gasteiger charge is -2.14. The molecule has 0 radical (unpaired) electrons. The summed E-state index contributed by atoms with van der Waals surface area (Å²) < 4.78 is 20.5. The van der Waals surface area contributed by atoms with Crippen LogP contribution in [0.5, 0.6) is 23.0 Å². The van der Waals surface area contributed by atoms with Crippen molar-refractivity contribution in [3.63, 3.8) is 0 Å². The monoisotopic (exact) mass is 283 g/mol. The van der Waals surface area contributed by atoms with Crippen LogP contribution < -0.4 is 30.0 Å². The van der Waals surface area contributed by atoms with Crippen LogP contribution in [0.25, 0.3) is 0 Å². The predicted octanol–water partition coefficient (Wildman–Crippen LogP) is 0.101. The highest BCUT2D eigenvalue weighted by Gasteiger charge is 2.18. The maximum Gasteiger partial charge on any atom is 0.331 e. The zero-order valence-electron chi connectivity index (χ0n) is 11.5. The second kappa shape index (κ2) is 7.07. The highest BCUT2D eigenvalue weighted by molar-refractivity contribution is 5.82. The van der Waals surface area contributed by atoms with Crippen molar-refractivity contribution in [2.75, 3.05) is 27.9 Å². The number of guanidine groups is 1. The molecule has 0 heterocycles. The van der Waals surface area contributed by atoms with Gasteiger partial charge in [0.05, 0.1) is 21.3 Å². The van der Waals surface area contributed by atoms with Gasteiger partial charge in [-0.15, -0.1) is 0 Å². The van der Waals surface area contributed by atoms with Crippen LogP contribution >= 0.6 is 0 Å². The summed E-state index contributed by atoms with van der Waals surface area (Å²) in [5, 5.41) is 9.31. The van der Waals surface area contributed by atoms with Gasteiger partial charge in [0, 0.05) is 12.1 Å². The Hall–Kier alpha value is -2.64. The van der Waals surface area contributed by atoms with E-state index in [1.54, 1.807) is 12.1 Å². The van der Waals surface area contributed by atoms with Gasteiger partial charge in [-0.1, -0.05) is 0 Å². The summed E-state index contributed by atoms with van der Waals surface area (Å²) in [6.07, 6.45) is 0. The van der Waals surface area contributed by atoms with Crippen LogP contribution in [0.1, 0.15) is 0 Å². The summed E-state index contributed by atoms with van der Waals surface area (Å²) in [7, 11) is 4.36. The van der Waals surface area contributed by atoms with Crippen molar-refractivity contribution in [3.05, 3.63) is 12.1 Å². The first-order chi connectivity index (χ1) is 9.51. The number of nitrogens with one attached hydrogen (secondary N) is 2. The Labute approximate surface area is 116 Å². The number of benzene rings is 1. The van der Waals surface area contributed by atoms with Crippen molar-refractivity contribution in [2.45, 2.75) is 0 Å². The molecular formula is C12H17N3O5. The zero-order valence-corrected chi connectivity index (χ0v) is 11.5. The van der Waals surface area contributed by atoms with Crippen LogP contribution in [-0.2, 0) is 4.79 Å². The number of carbonyl (C=O) groups is 1. The summed E-state index contributed by atoms with van der Waals surface area (Å²) in [4.78, 5) is 11.6. The summed E-state index contributed by atoms with van der Waals surface area (Å²) in [5.74, 6) is 0.249. The molecule has 1 rings (SSSR count). The molecule has 0 aliphatic carbocycles. The summed E-state index contributed by atoms with van der Waals surface area (Å²) in [6.45, 7) is -0.242. The van der Waals surface area contributed by atoms with Crippen LogP contribution in [0, 0.1) is 5.41 Å². The molecule has 0 aliphatic heterocycles. The molecule has 1 aromatic carbocycles. The lowest BCUT2D eigenvalue weighted by atomic mass is 10.2. The lowest BCUT2D eigenvalue weighted by molar-refractivity contribution is -0.133. The largest absolute Gasteiger partial charge is 0.496 e. The molecule has 1 aromatic rings. The Bertz CT molecular complexity index is 479. The number of ether oxygens (including phenoxy) is 4. The molecule has 0 bridgehead atoms. The highest BCUT2D eigenvalue weighted by atomic mass is 16.6. The van der Waals surface area contributed by atoms with Crippen LogP contribution in [0.2, 0.25) is 0 Å². The van der Waals surface area contributed by atoms with E-state index in [4.69, 9.17) is 30.1 Å². The molecule has 0 amide bonds. The van der Waals surface area contributed by atoms with Gasteiger partial charge in [0.15, 0.2) is 17.5 Å². The molecule has 0 fully saturated rings. The van der Waals surface area contributed by atoms with Crippen LogP contribution in [0.4, 0.5) is 0 Å². The second-order valence-corrected chi connectivity index (χ2v) is 3.60. The molecule has 0 saturated heterocycles. The van der Waals surface area contributed by atoms with E-state index in [0.29, 0.717) is 5.75 Å². The fourth-order valence-electron chi connectivity index (χ4n) is 1.39. The Morgan fingerprint density at radius 2 is 1.75 bits per heavy atom. The van der Waals surface area contributed by atoms with Crippen molar-refractivity contribution in [1.29, 1.82) is 5.41 Å². The van der Waals surface area contributed by atoms with E-state index in [9.17, 15) is 4.79 Å². The maximum absolute atomic E-state index is 11.6. The topological polar surface area (TPSA) is 116 Å².